The van der Waals surface area contributed by atoms with E-state index in [1.54, 1.807) is 12.1 Å². The first-order chi connectivity index (χ1) is 7.22. The van der Waals surface area contributed by atoms with Gasteiger partial charge in [0.1, 0.15) is 11.6 Å². The van der Waals surface area contributed by atoms with Crippen LogP contribution in [-0.2, 0) is 6.54 Å². The molecule has 0 bridgehead atoms. The Hall–Kier alpha value is -1.90. The molecule has 0 saturated heterocycles. The molecule has 1 heterocycles. The van der Waals surface area contributed by atoms with Crippen LogP contribution in [0.2, 0.25) is 0 Å². The summed E-state index contributed by atoms with van der Waals surface area (Å²) in [6, 6.07) is 9.05. The number of benzene rings is 1. The number of nitrogens with zero attached hydrogens (tertiary/aromatic N) is 1. The van der Waals surface area contributed by atoms with Gasteiger partial charge in [-0.05, 0) is 30.7 Å². The molecular weight excluding hydrogens is 188 g/mol. The Morgan fingerprint density at radius 1 is 1.20 bits per heavy atom. The lowest BCUT2D eigenvalue weighted by Crippen LogP contribution is -1.99. The summed E-state index contributed by atoms with van der Waals surface area (Å²) in [5.74, 6) is 1.04. The number of phenols is 1. The normalized spacial score (nSPS) is 10.5. The Labute approximate surface area is 88.8 Å². The number of aromatic hydroxyl groups is 1. The van der Waals surface area contributed by atoms with Crippen LogP contribution in [0.25, 0.3) is 11.1 Å². The van der Waals surface area contributed by atoms with Crippen molar-refractivity contribution >= 4 is 5.82 Å². The van der Waals surface area contributed by atoms with E-state index in [4.69, 9.17) is 5.73 Å². The fraction of sp³-hybridized carbons (Fsp3) is 0.167. The van der Waals surface area contributed by atoms with Crippen molar-refractivity contribution in [2.24, 2.45) is 0 Å². The second-order valence-corrected chi connectivity index (χ2v) is 3.45. The van der Waals surface area contributed by atoms with Gasteiger partial charge in [-0.25, -0.2) is 0 Å². The molecule has 0 unspecified atom stereocenters. The Balaban J connectivity index is 2.45. The lowest BCUT2D eigenvalue weighted by molar-refractivity contribution is 0.475. The predicted octanol–water partition coefficient (Wildman–Crippen LogP) is 2.46. The topological polar surface area (TPSA) is 51.2 Å². The van der Waals surface area contributed by atoms with Crippen LogP contribution in [0.1, 0.15) is 6.92 Å². The predicted molar refractivity (Wildman–Crippen MR) is 61.6 cm³/mol. The van der Waals surface area contributed by atoms with Crippen LogP contribution in [-0.4, -0.2) is 9.67 Å². The van der Waals surface area contributed by atoms with E-state index in [1.165, 1.54) is 0 Å². The molecule has 0 atom stereocenters. The Kier molecular flexibility index (Phi) is 2.37. The van der Waals surface area contributed by atoms with Crippen LogP contribution in [0.5, 0.6) is 5.75 Å². The van der Waals surface area contributed by atoms with Crippen molar-refractivity contribution in [2.75, 3.05) is 5.73 Å². The van der Waals surface area contributed by atoms with E-state index < -0.39 is 0 Å². The fourth-order valence-electron chi connectivity index (χ4n) is 1.65. The van der Waals surface area contributed by atoms with Gasteiger partial charge in [-0.1, -0.05) is 12.1 Å². The fourth-order valence-corrected chi connectivity index (χ4v) is 1.65. The molecule has 1 aromatic heterocycles. The van der Waals surface area contributed by atoms with Gasteiger partial charge in [0.2, 0.25) is 0 Å². The standard InChI is InChI=1S/C12H14N2O/c1-2-14-8-7-11(12(14)13)9-3-5-10(15)6-4-9/h3-8,15H,2,13H2,1H3. The molecule has 2 rings (SSSR count). The highest BCUT2D eigenvalue weighted by Crippen LogP contribution is 2.28. The van der Waals surface area contributed by atoms with Crippen molar-refractivity contribution in [1.29, 1.82) is 0 Å². The largest absolute Gasteiger partial charge is 0.508 e. The van der Waals surface area contributed by atoms with Crippen molar-refractivity contribution < 1.29 is 5.11 Å². The van der Waals surface area contributed by atoms with E-state index in [0.29, 0.717) is 0 Å². The van der Waals surface area contributed by atoms with Gasteiger partial charge in [0, 0.05) is 18.3 Å². The van der Waals surface area contributed by atoms with Gasteiger partial charge in [0.15, 0.2) is 0 Å². The van der Waals surface area contributed by atoms with Gasteiger partial charge in [0.25, 0.3) is 0 Å². The van der Waals surface area contributed by atoms with Crippen LogP contribution in [0.3, 0.4) is 0 Å². The monoisotopic (exact) mass is 202 g/mol. The molecule has 0 saturated carbocycles. The lowest BCUT2D eigenvalue weighted by atomic mass is 10.1. The van der Waals surface area contributed by atoms with Gasteiger partial charge in [-0.3, -0.25) is 0 Å². The second-order valence-electron chi connectivity index (χ2n) is 3.45. The minimum atomic E-state index is 0.271. The second kappa shape index (κ2) is 3.69. The summed E-state index contributed by atoms with van der Waals surface area (Å²) in [5, 5.41) is 9.19. The number of aryl methyl sites for hydroxylation is 1. The first-order valence-electron chi connectivity index (χ1n) is 4.96. The highest BCUT2D eigenvalue weighted by Gasteiger charge is 2.06. The molecule has 0 aliphatic carbocycles. The van der Waals surface area contributed by atoms with Crippen LogP contribution >= 0.6 is 0 Å². The molecule has 0 spiro atoms. The maximum atomic E-state index is 9.19. The van der Waals surface area contributed by atoms with E-state index in [2.05, 4.69) is 6.92 Å². The van der Waals surface area contributed by atoms with Crippen molar-refractivity contribution in [2.45, 2.75) is 13.5 Å². The number of nitrogen functional groups attached to an aromatic ring is 1. The quantitative estimate of drug-likeness (QED) is 0.786. The number of hydrogen-bond donors (Lipinski definition) is 2. The van der Waals surface area contributed by atoms with Crippen LogP contribution in [0.4, 0.5) is 5.82 Å². The number of anilines is 1. The minimum absolute atomic E-state index is 0.271. The van der Waals surface area contributed by atoms with Gasteiger partial charge in [0.05, 0.1) is 0 Å². The molecule has 3 heteroatoms. The lowest BCUT2D eigenvalue weighted by Gasteiger charge is -2.04. The average Bonchev–Trinajstić information content (AvgIpc) is 2.61. The van der Waals surface area contributed by atoms with Crippen molar-refractivity contribution in [1.82, 2.24) is 4.57 Å². The number of aromatic nitrogens is 1. The zero-order valence-electron chi connectivity index (χ0n) is 8.64. The molecule has 0 aliphatic heterocycles. The maximum Gasteiger partial charge on any atom is 0.115 e. The van der Waals surface area contributed by atoms with Gasteiger partial charge < -0.3 is 15.4 Å². The van der Waals surface area contributed by atoms with Crippen molar-refractivity contribution in [3.8, 4) is 16.9 Å². The average molecular weight is 202 g/mol. The van der Waals surface area contributed by atoms with E-state index in [-0.39, 0.29) is 5.75 Å². The molecule has 3 nitrogen and oxygen atoms in total. The molecular formula is C12H14N2O. The summed E-state index contributed by atoms with van der Waals surface area (Å²) in [6.07, 6.45) is 1.97. The van der Waals surface area contributed by atoms with E-state index in [0.717, 1.165) is 23.5 Å². The highest BCUT2D eigenvalue weighted by molar-refractivity contribution is 5.75. The van der Waals surface area contributed by atoms with Gasteiger partial charge in [-0.2, -0.15) is 0 Å². The Bertz CT molecular complexity index is 457. The molecule has 15 heavy (non-hydrogen) atoms. The van der Waals surface area contributed by atoms with E-state index >= 15 is 0 Å². The summed E-state index contributed by atoms with van der Waals surface area (Å²) in [4.78, 5) is 0. The SMILES string of the molecule is CCn1ccc(-c2ccc(O)cc2)c1N. The third-order valence-corrected chi connectivity index (χ3v) is 2.53. The van der Waals surface area contributed by atoms with Gasteiger partial charge in [-0.15, -0.1) is 0 Å². The van der Waals surface area contributed by atoms with Crippen LogP contribution in [0, 0.1) is 0 Å². The van der Waals surface area contributed by atoms with Crippen LogP contribution < -0.4 is 5.73 Å². The Morgan fingerprint density at radius 3 is 2.40 bits per heavy atom. The first-order valence-corrected chi connectivity index (χ1v) is 4.96. The summed E-state index contributed by atoms with van der Waals surface area (Å²) < 4.78 is 1.99. The third-order valence-electron chi connectivity index (χ3n) is 2.53. The smallest absolute Gasteiger partial charge is 0.115 e. The first kappa shape index (κ1) is 9.65. The summed E-state index contributed by atoms with van der Waals surface area (Å²) in [6.45, 7) is 2.92. The van der Waals surface area contributed by atoms with Crippen LogP contribution in [0.15, 0.2) is 36.5 Å². The molecule has 0 aliphatic rings. The minimum Gasteiger partial charge on any atom is -0.508 e. The molecule has 78 valence electrons. The number of hydrogen-bond acceptors (Lipinski definition) is 2. The summed E-state index contributed by atoms with van der Waals surface area (Å²) in [7, 11) is 0. The zero-order chi connectivity index (χ0) is 10.8. The molecule has 1 aromatic carbocycles. The van der Waals surface area contributed by atoms with E-state index in [9.17, 15) is 5.11 Å². The highest BCUT2D eigenvalue weighted by atomic mass is 16.3. The van der Waals surface area contributed by atoms with Crippen molar-refractivity contribution in [3.63, 3.8) is 0 Å². The number of rotatable bonds is 2. The van der Waals surface area contributed by atoms with Gasteiger partial charge >= 0.3 is 0 Å². The number of nitrogens with two attached hydrogens (primary N) is 1. The van der Waals surface area contributed by atoms with Crippen molar-refractivity contribution in [3.05, 3.63) is 36.5 Å². The van der Waals surface area contributed by atoms with E-state index in [1.807, 2.05) is 29.0 Å². The molecule has 0 fully saturated rings. The molecule has 3 N–H and O–H groups in total. The third kappa shape index (κ3) is 1.68. The molecule has 2 aromatic rings. The maximum absolute atomic E-state index is 9.19. The molecule has 0 radical (unpaired) electrons. The summed E-state index contributed by atoms with van der Waals surface area (Å²) >= 11 is 0. The summed E-state index contributed by atoms with van der Waals surface area (Å²) in [5.41, 5.74) is 8.02. The zero-order valence-corrected chi connectivity index (χ0v) is 8.64. The molecule has 0 amide bonds. The Morgan fingerprint density at radius 2 is 1.87 bits per heavy atom. The number of phenolic OH excluding ortho intramolecular Hbond substituents is 1.